The van der Waals surface area contributed by atoms with E-state index in [1.807, 2.05) is 31.4 Å². The summed E-state index contributed by atoms with van der Waals surface area (Å²) in [5, 5.41) is 5.22. The number of rotatable bonds is 3. The minimum absolute atomic E-state index is 0.0635. The highest BCUT2D eigenvalue weighted by atomic mass is 32.2. The standard InChI is InChI=1S/C16H17N3O3S2/c1-9-3-4-12(22-9)10-7-23-15(17-10)18-14(21)11-8-24-16(2)6-5-13(20)19(11)16/h3-4,7,11H,5-6,8H2,1-2H3,(H,17,18,21). The molecule has 126 valence electrons. The molecule has 2 aromatic heterocycles. The number of hydrogen-bond donors (Lipinski definition) is 1. The van der Waals surface area contributed by atoms with E-state index in [0.717, 1.165) is 12.2 Å². The summed E-state index contributed by atoms with van der Waals surface area (Å²) in [6.45, 7) is 3.91. The van der Waals surface area contributed by atoms with Crippen LogP contribution in [0.3, 0.4) is 0 Å². The lowest BCUT2D eigenvalue weighted by molar-refractivity contribution is -0.135. The summed E-state index contributed by atoms with van der Waals surface area (Å²) in [6, 6.07) is 3.31. The molecule has 2 amide bonds. The van der Waals surface area contributed by atoms with E-state index in [-0.39, 0.29) is 16.7 Å². The van der Waals surface area contributed by atoms with Crippen LogP contribution in [0.5, 0.6) is 0 Å². The Labute approximate surface area is 147 Å². The van der Waals surface area contributed by atoms with E-state index in [0.29, 0.717) is 28.8 Å². The maximum absolute atomic E-state index is 12.6. The highest BCUT2D eigenvalue weighted by molar-refractivity contribution is 8.01. The molecule has 4 heterocycles. The Balaban J connectivity index is 1.49. The number of aromatic nitrogens is 1. The van der Waals surface area contributed by atoms with Gasteiger partial charge in [-0.1, -0.05) is 0 Å². The number of carbonyl (C=O) groups excluding carboxylic acids is 2. The van der Waals surface area contributed by atoms with Gasteiger partial charge in [0.1, 0.15) is 17.5 Å². The molecule has 24 heavy (non-hydrogen) atoms. The summed E-state index contributed by atoms with van der Waals surface area (Å²) in [5.74, 6) is 2.02. The van der Waals surface area contributed by atoms with Crippen LogP contribution in [0.25, 0.3) is 11.5 Å². The van der Waals surface area contributed by atoms with Crippen LogP contribution in [0.4, 0.5) is 5.13 Å². The molecule has 8 heteroatoms. The summed E-state index contributed by atoms with van der Waals surface area (Å²) in [6.07, 6.45) is 1.33. The zero-order chi connectivity index (χ0) is 16.9. The van der Waals surface area contributed by atoms with E-state index in [1.54, 1.807) is 16.7 Å². The molecule has 2 atom stereocenters. The van der Waals surface area contributed by atoms with Crippen molar-refractivity contribution in [2.45, 2.75) is 37.6 Å². The highest BCUT2D eigenvalue weighted by Gasteiger charge is 2.52. The van der Waals surface area contributed by atoms with E-state index in [9.17, 15) is 9.59 Å². The van der Waals surface area contributed by atoms with Crippen LogP contribution in [0, 0.1) is 6.92 Å². The normalized spacial score (nSPS) is 26.0. The predicted molar refractivity (Wildman–Crippen MR) is 93.9 cm³/mol. The van der Waals surface area contributed by atoms with Crippen LogP contribution in [0.1, 0.15) is 25.5 Å². The second-order valence-electron chi connectivity index (χ2n) is 6.20. The molecule has 6 nitrogen and oxygen atoms in total. The van der Waals surface area contributed by atoms with Crippen molar-refractivity contribution in [1.82, 2.24) is 9.88 Å². The van der Waals surface area contributed by atoms with Gasteiger partial charge in [-0.15, -0.1) is 23.1 Å². The smallest absolute Gasteiger partial charge is 0.249 e. The Bertz CT molecular complexity index is 815. The van der Waals surface area contributed by atoms with E-state index < -0.39 is 6.04 Å². The van der Waals surface area contributed by atoms with E-state index in [1.165, 1.54) is 11.3 Å². The largest absolute Gasteiger partial charge is 0.460 e. The van der Waals surface area contributed by atoms with Crippen molar-refractivity contribution in [3.05, 3.63) is 23.3 Å². The highest BCUT2D eigenvalue weighted by Crippen LogP contribution is 2.47. The van der Waals surface area contributed by atoms with Crippen LogP contribution in [-0.4, -0.2) is 38.4 Å². The third kappa shape index (κ3) is 2.53. The SMILES string of the molecule is Cc1ccc(-c2csc(NC(=O)C3CSC4(C)CCC(=O)N34)n2)o1. The van der Waals surface area contributed by atoms with Gasteiger partial charge in [0.15, 0.2) is 10.9 Å². The van der Waals surface area contributed by atoms with Gasteiger partial charge in [0, 0.05) is 17.6 Å². The summed E-state index contributed by atoms with van der Waals surface area (Å²) < 4.78 is 5.55. The van der Waals surface area contributed by atoms with Crippen molar-refractivity contribution in [3.8, 4) is 11.5 Å². The van der Waals surface area contributed by atoms with Gasteiger partial charge in [-0.05, 0) is 32.4 Å². The molecule has 2 aromatic rings. The van der Waals surface area contributed by atoms with Crippen molar-refractivity contribution < 1.29 is 14.0 Å². The first-order valence-electron chi connectivity index (χ1n) is 7.76. The fourth-order valence-corrected chi connectivity index (χ4v) is 5.35. The number of aryl methyl sites for hydroxylation is 1. The molecule has 2 aliphatic rings. The number of thioether (sulfide) groups is 1. The van der Waals surface area contributed by atoms with Crippen LogP contribution < -0.4 is 5.32 Å². The maximum atomic E-state index is 12.6. The first kappa shape index (κ1) is 15.7. The van der Waals surface area contributed by atoms with Crippen LogP contribution >= 0.6 is 23.1 Å². The van der Waals surface area contributed by atoms with Crippen molar-refractivity contribution >= 4 is 40.0 Å². The second kappa shape index (κ2) is 5.63. The topological polar surface area (TPSA) is 75.4 Å². The molecule has 2 unspecified atom stereocenters. The molecule has 0 aromatic carbocycles. The molecule has 0 aliphatic carbocycles. The van der Waals surface area contributed by atoms with E-state index in [4.69, 9.17) is 4.42 Å². The minimum atomic E-state index is -0.423. The summed E-state index contributed by atoms with van der Waals surface area (Å²) in [7, 11) is 0. The zero-order valence-corrected chi connectivity index (χ0v) is 15.0. The Morgan fingerprint density at radius 2 is 2.33 bits per heavy atom. The lowest BCUT2D eigenvalue weighted by atomic mass is 10.2. The number of furan rings is 1. The summed E-state index contributed by atoms with van der Waals surface area (Å²) in [5.41, 5.74) is 0.700. The molecular formula is C16H17N3O3S2. The second-order valence-corrected chi connectivity index (χ2v) is 8.56. The van der Waals surface area contributed by atoms with Crippen molar-refractivity contribution in [2.24, 2.45) is 0 Å². The lowest BCUT2D eigenvalue weighted by Gasteiger charge is -2.29. The fourth-order valence-electron chi connectivity index (χ4n) is 3.22. The minimum Gasteiger partial charge on any atom is -0.460 e. The van der Waals surface area contributed by atoms with Gasteiger partial charge < -0.3 is 14.6 Å². The van der Waals surface area contributed by atoms with E-state index >= 15 is 0 Å². The molecule has 2 aliphatic heterocycles. The average molecular weight is 363 g/mol. The number of nitrogens with one attached hydrogen (secondary N) is 1. The van der Waals surface area contributed by atoms with Crippen molar-refractivity contribution in [3.63, 3.8) is 0 Å². The quantitative estimate of drug-likeness (QED) is 0.907. The van der Waals surface area contributed by atoms with Crippen LogP contribution in [0.2, 0.25) is 0 Å². The average Bonchev–Trinajstić information content (AvgIpc) is 3.27. The van der Waals surface area contributed by atoms with Gasteiger partial charge in [0.25, 0.3) is 0 Å². The van der Waals surface area contributed by atoms with E-state index in [2.05, 4.69) is 10.3 Å². The zero-order valence-electron chi connectivity index (χ0n) is 13.4. The van der Waals surface area contributed by atoms with Gasteiger partial charge in [-0.2, -0.15) is 0 Å². The van der Waals surface area contributed by atoms with Gasteiger partial charge in [0.05, 0.1) is 4.87 Å². The molecule has 1 N–H and O–H groups in total. The van der Waals surface area contributed by atoms with Crippen LogP contribution in [0.15, 0.2) is 21.9 Å². The molecule has 0 saturated carbocycles. The molecule has 2 saturated heterocycles. The van der Waals surface area contributed by atoms with Gasteiger partial charge in [-0.3, -0.25) is 9.59 Å². The fraction of sp³-hybridized carbons (Fsp3) is 0.438. The van der Waals surface area contributed by atoms with Crippen molar-refractivity contribution in [2.75, 3.05) is 11.1 Å². The Hall–Kier alpha value is -1.80. The Morgan fingerprint density at radius 1 is 1.50 bits per heavy atom. The Kier molecular flexibility index (Phi) is 3.69. The number of anilines is 1. The number of thiazole rings is 1. The maximum Gasteiger partial charge on any atom is 0.249 e. The third-order valence-corrected chi connectivity index (χ3v) is 6.74. The Morgan fingerprint density at radius 3 is 3.08 bits per heavy atom. The van der Waals surface area contributed by atoms with Gasteiger partial charge in [0.2, 0.25) is 11.8 Å². The van der Waals surface area contributed by atoms with Gasteiger partial charge >= 0.3 is 0 Å². The molecule has 0 radical (unpaired) electrons. The third-order valence-electron chi connectivity index (χ3n) is 4.47. The molecule has 4 rings (SSSR count). The number of nitrogens with zero attached hydrogens (tertiary/aromatic N) is 2. The van der Waals surface area contributed by atoms with Crippen molar-refractivity contribution in [1.29, 1.82) is 0 Å². The predicted octanol–water partition coefficient (Wildman–Crippen LogP) is 3.10. The number of carbonyl (C=O) groups is 2. The summed E-state index contributed by atoms with van der Waals surface area (Å²) >= 11 is 3.04. The first-order valence-corrected chi connectivity index (χ1v) is 9.62. The monoisotopic (exact) mass is 363 g/mol. The van der Waals surface area contributed by atoms with Crippen LogP contribution in [-0.2, 0) is 9.59 Å². The molecule has 0 spiro atoms. The number of amides is 2. The number of fused-ring (bicyclic) bond motifs is 1. The lowest BCUT2D eigenvalue weighted by Crippen LogP contribution is -2.48. The molecule has 0 bridgehead atoms. The van der Waals surface area contributed by atoms with Gasteiger partial charge in [-0.25, -0.2) is 4.98 Å². The number of hydrogen-bond acceptors (Lipinski definition) is 6. The molecule has 2 fully saturated rings. The summed E-state index contributed by atoms with van der Waals surface area (Å²) in [4.78, 5) is 30.7. The first-order chi connectivity index (χ1) is 11.5. The molecular weight excluding hydrogens is 346 g/mol.